The molecule has 2 rings (SSSR count). The van der Waals surface area contributed by atoms with Gasteiger partial charge in [0.2, 0.25) is 0 Å². The van der Waals surface area contributed by atoms with Gasteiger partial charge >= 0.3 is 5.97 Å². The highest BCUT2D eigenvalue weighted by molar-refractivity contribution is 8.00. The second-order valence-corrected chi connectivity index (χ2v) is 6.88. The molecular weight excluding hydrogens is 294 g/mol. The van der Waals surface area contributed by atoms with E-state index in [0.717, 1.165) is 31.0 Å². The number of hydrogen-bond donors (Lipinski definition) is 1. The van der Waals surface area contributed by atoms with Crippen LogP contribution in [-0.2, 0) is 4.79 Å². The second kappa shape index (κ2) is 7.34. The molecule has 1 unspecified atom stereocenters. The van der Waals surface area contributed by atoms with Crippen LogP contribution in [0.5, 0.6) is 0 Å². The molecule has 1 fully saturated rings. The molecule has 0 radical (unpaired) electrons. The van der Waals surface area contributed by atoms with Crippen molar-refractivity contribution in [2.75, 3.05) is 13.1 Å². The van der Waals surface area contributed by atoms with Gasteiger partial charge in [-0.15, -0.1) is 11.8 Å². The van der Waals surface area contributed by atoms with Crippen molar-refractivity contribution in [3.05, 3.63) is 29.3 Å². The zero-order valence-electron chi connectivity index (χ0n) is 11.6. The van der Waals surface area contributed by atoms with Gasteiger partial charge in [-0.2, -0.15) is 0 Å². The molecular formula is C15H20ClNO2S. The first-order valence-electron chi connectivity index (χ1n) is 6.99. The minimum absolute atomic E-state index is 0.323. The summed E-state index contributed by atoms with van der Waals surface area (Å²) in [7, 11) is 0. The molecule has 0 spiro atoms. The maximum atomic E-state index is 11.2. The fraction of sp³-hybridized carbons (Fsp3) is 0.533. The van der Waals surface area contributed by atoms with Gasteiger partial charge in [-0.3, -0.25) is 9.69 Å². The highest BCUT2D eigenvalue weighted by Gasteiger charge is 2.28. The van der Waals surface area contributed by atoms with Crippen molar-refractivity contribution in [1.82, 2.24) is 4.90 Å². The Morgan fingerprint density at radius 1 is 1.40 bits per heavy atom. The SMILES string of the molecule is CCC(C(=O)O)N1CCC(Sc2ccc(Cl)cc2)CC1. The summed E-state index contributed by atoms with van der Waals surface area (Å²) in [6.07, 6.45) is 2.75. The molecule has 5 heteroatoms. The predicted molar refractivity (Wildman–Crippen MR) is 83.6 cm³/mol. The third-order valence-electron chi connectivity index (χ3n) is 3.71. The first-order valence-corrected chi connectivity index (χ1v) is 8.25. The van der Waals surface area contributed by atoms with Gasteiger partial charge in [-0.1, -0.05) is 18.5 Å². The monoisotopic (exact) mass is 313 g/mol. The molecule has 0 amide bonds. The number of likely N-dealkylation sites (tertiary alicyclic amines) is 1. The van der Waals surface area contributed by atoms with Gasteiger partial charge in [0.25, 0.3) is 0 Å². The number of thioether (sulfide) groups is 1. The lowest BCUT2D eigenvalue weighted by Gasteiger charge is -2.35. The molecule has 1 saturated heterocycles. The lowest BCUT2D eigenvalue weighted by molar-refractivity contribution is -0.143. The molecule has 3 nitrogen and oxygen atoms in total. The Morgan fingerprint density at radius 3 is 2.50 bits per heavy atom. The van der Waals surface area contributed by atoms with Gasteiger partial charge in [-0.05, 0) is 43.5 Å². The van der Waals surface area contributed by atoms with E-state index in [-0.39, 0.29) is 6.04 Å². The topological polar surface area (TPSA) is 40.5 Å². The number of hydrogen-bond acceptors (Lipinski definition) is 3. The molecule has 1 atom stereocenters. The fourth-order valence-electron chi connectivity index (χ4n) is 2.60. The lowest BCUT2D eigenvalue weighted by Crippen LogP contribution is -2.45. The smallest absolute Gasteiger partial charge is 0.320 e. The maximum absolute atomic E-state index is 11.2. The van der Waals surface area contributed by atoms with Gasteiger partial charge in [0.05, 0.1) is 0 Å². The van der Waals surface area contributed by atoms with Crippen LogP contribution in [0.1, 0.15) is 26.2 Å². The van der Waals surface area contributed by atoms with Crippen molar-refractivity contribution in [3.8, 4) is 0 Å². The molecule has 110 valence electrons. The number of carbonyl (C=O) groups is 1. The molecule has 1 aliphatic heterocycles. The van der Waals surface area contributed by atoms with E-state index in [9.17, 15) is 9.90 Å². The number of benzene rings is 1. The molecule has 0 bridgehead atoms. The van der Waals surface area contributed by atoms with Crippen molar-refractivity contribution >= 4 is 29.3 Å². The number of halogens is 1. The fourth-order valence-corrected chi connectivity index (χ4v) is 3.85. The van der Waals surface area contributed by atoms with Crippen molar-refractivity contribution in [2.45, 2.75) is 42.4 Å². The van der Waals surface area contributed by atoms with E-state index in [1.54, 1.807) is 0 Å². The van der Waals surface area contributed by atoms with Crippen molar-refractivity contribution in [2.24, 2.45) is 0 Å². The van der Waals surface area contributed by atoms with Crippen LogP contribution in [0.2, 0.25) is 5.02 Å². The van der Waals surface area contributed by atoms with Gasteiger partial charge in [0.15, 0.2) is 0 Å². The molecule has 1 aromatic carbocycles. The summed E-state index contributed by atoms with van der Waals surface area (Å²) in [4.78, 5) is 14.5. The Hall–Kier alpha value is -0.710. The van der Waals surface area contributed by atoms with E-state index in [1.807, 2.05) is 43.0 Å². The number of nitrogens with zero attached hydrogens (tertiary/aromatic N) is 1. The van der Waals surface area contributed by atoms with Gasteiger partial charge in [0, 0.05) is 28.3 Å². The highest BCUT2D eigenvalue weighted by atomic mass is 35.5. The van der Waals surface area contributed by atoms with Crippen LogP contribution in [0.3, 0.4) is 0 Å². The van der Waals surface area contributed by atoms with Crippen LogP contribution in [0, 0.1) is 0 Å². The number of carboxylic acids is 1. The molecule has 0 aliphatic carbocycles. The van der Waals surface area contributed by atoms with Crippen LogP contribution in [0.4, 0.5) is 0 Å². The minimum Gasteiger partial charge on any atom is -0.480 e. The van der Waals surface area contributed by atoms with E-state index in [0.29, 0.717) is 11.7 Å². The lowest BCUT2D eigenvalue weighted by atomic mass is 10.1. The third-order valence-corrected chi connectivity index (χ3v) is 5.31. The summed E-state index contributed by atoms with van der Waals surface area (Å²) in [5.74, 6) is -0.698. The first kappa shape index (κ1) is 15.7. The minimum atomic E-state index is -0.698. The Morgan fingerprint density at radius 2 is 2.00 bits per heavy atom. The molecule has 0 aromatic heterocycles. The van der Waals surface area contributed by atoms with E-state index in [4.69, 9.17) is 11.6 Å². The van der Waals surface area contributed by atoms with E-state index in [2.05, 4.69) is 4.90 Å². The zero-order valence-corrected chi connectivity index (χ0v) is 13.2. The van der Waals surface area contributed by atoms with Crippen LogP contribution in [-0.4, -0.2) is 40.4 Å². The molecule has 1 heterocycles. The highest BCUT2D eigenvalue weighted by Crippen LogP contribution is 2.31. The Bertz CT molecular complexity index is 444. The van der Waals surface area contributed by atoms with Crippen LogP contribution < -0.4 is 0 Å². The average molecular weight is 314 g/mol. The van der Waals surface area contributed by atoms with Crippen molar-refractivity contribution < 1.29 is 9.90 Å². The van der Waals surface area contributed by atoms with Crippen molar-refractivity contribution in [1.29, 1.82) is 0 Å². The van der Waals surface area contributed by atoms with Gasteiger partial charge < -0.3 is 5.11 Å². The summed E-state index contributed by atoms with van der Waals surface area (Å²) >= 11 is 7.75. The van der Waals surface area contributed by atoms with Gasteiger partial charge in [0.1, 0.15) is 6.04 Å². The summed E-state index contributed by atoms with van der Waals surface area (Å²) in [6, 6.07) is 7.60. The van der Waals surface area contributed by atoms with E-state index >= 15 is 0 Å². The Kier molecular flexibility index (Phi) is 5.75. The van der Waals surface area contributed by atoms with Crippen LogP contribution in [0.25, 0.3) is 0 Å². The summed E-state index contributed by atoms with van der Waals surface area (Å²) in [6.45, 7) is 3.68. The van der Waals surface area contributed by atoms with Gasteiger partial charge in [-0.25, -0.2) is 0 Å². The van der Waals surface area contributed by atoms with Crippen LogP contribution >= 0.6 is 23.4 Å². The largest absolute Gasteiger partial charge is 0.480 e. The molecule has 1 N–H and O–H groups in total. The number of aliphatic carboxylic acids is 1. The van der Waals surface area contributed by atoms with E-state index in [1.165, 1.54) is 4.90 Å². The number of piperidine rings is 1. The number of carboxylic acid groups (broad SMARTS) is 1. The number of rotatable bonds is 5. The normalized spacial score (nSPS) is 18.9. The molecule has 1 aliphatic rings. The summed E-state index contributed by atoms with van der Waals surface area (Å²) in [5, 5.41) is 10.5. The zero-order chi connectivity index (χ0) is 14.5. The summed E-state index contributed by atoms with van der Waals surface area (Å²) < 4.78 is 0. The molecule has 1 aromatic rings. The molecule has 20 heavy (non-hydrogen) atoms. The Balaban J connectivity index is 1.85. The second-order valence-electron chi connectivity index (χ2n) is 5.07. The Labute approximate surface area is 129 Å². The first-order chi connectivity index (χ1) is 9.60. The van der Waals surface area contributed by atoms with Crippen LogP contribution in [0.15, 0.2) is 29.2 Å². The van der Waals surface area contributed by atoms with E-state index < -0.39 is 5.97 Å². The quantitative estimate of drug-likeness (QED) is 0.898. The average Bonchev–Trinajstić information content (AvgIpc) is 2.44. The van der Waals surface area contributed by atoms with Crippen molar-refractivity contribution in [3.63, 3.8) is 0 Å². The molecule has 0 saturated carbocycles. The predicted octanol–water partition coefficient (Wildman–Crippen LogP) is 3.76. The summed E-state index contributed by atoms with van der Waals surface area (Å²) in [5.41, 5.74) is 0. The maximum Gasteiger partial charge on any atom is 0.320 e. The standard InChI is InChI=1S/C15H20ClNO2S/c1-2-14(15(18)19)17-9-7-13(8-10-17)20-12-5-3-11(16)4-6-12/h3-6,13-14H,2,7-10H2,1H3,(H,18,19). The third kappa shape index (κ3) is 4.14.